The Kier molecular flexibility index (Phi) is 6.22. The number of rotatable bonds is 3. The van der Waals surface area contributed by atoms with Gasteiger partial charge in [0.05, 0.1) is 4.88 Å². The summed E-state index contributed by atoms with van der Waals surface area (Å²) >= 11 is 1.51. The van der Waals surface area contributed by atoms with E-state index in [2.05, 4.69) is 36.5 Å². The van der Waals surface area contributed by atoms with E-state index >= 15 is 0 Å². The molecule has 5 heteroatoms. The Bertz CT molecular complexity index is 645. The van der Waals surface area contributed by atoms with E-state index in [1.165, 1.54) is 16.9 Å². The van der Waals surface area contributed by atoms with Gasteiger partial charge in [-0.3, -0.25) is 4.79 Å². The molecule has 2 aromatic rings. The van der Waals surface area contributed by atoms with Crippen LogP contribution in [0.4, 0.5) is 0 Å². The van der Waals surface area contributed by atoms with Crippen LogP contribution in [-0.2, 0) is 0 Å². The molecule has 1 heterocycles. The molecule has 3 N–H and O–H groups in total. The molecule has 3 nitrogen and oxygen atoms in total. The molecule has 23 heavy (non-hydrogen) atoms. The normalized spacial score (nSPS) is 20.6. The molecule has 1 aliphatic rings. The van der Waals surface area contributed by atoms with Crippen LogP contribution in [0.25, 0.3) is 11.1 Å². The van der Waals surface area contributed by atoms with Crippen molar-refractivity contribution in [2.45, 2.75) is 44.7 Å². The predicted octanol–water partition coefficient (Wildman–Crippen LogP) is 4.15. The third-order valence-corrected chi connectivity index (χ3v) is 5.25. The molecule has 1 aliphatic carbocycles. The molecule has 0 atom stereocenters. The number of aryl methyl sites for hydroxylation is 1. The van der Waals surface area contributed by atoms with Gasteiger partial charge in [0.2, 0.25) is 0 Å². The highest BCUT2D eigenvalue weighted by Crippen LogP contribution is 2.29. The first-order valence-electron chi connectivity index (χ1n) is 7.84. The predicted molar refractivity (Wildman–Crippen MR) is 99.4 cm³/mol. The summed E-state index contributed by atoms with van der Waals surface area (Å²) in [5.41, 5.74) is 9.27. The zero-order chi connectivity index (χ0) is 15.5. The number of halogens is 1. The summed E-state index contributed by atoms with van der Waals surface area (Å²) in [5, 5.41) is 5.17. The van der Waals surface area contributed by atoms with Crippen molar-refractivity contribution in [2.24, 2.45) is 5.73 Å². The Morgan fingerprint density at radius 1 is 1.13 bits per heavy atom. The Balaban J connectivity index is 0.00000192. The second-order valence-electron chi connectivity index (χ2n) is 6.11. The minimum Gasteiger partial charge on any atom is -0.349 e. The molecule has 1 aromatic carbocycles. The number of benzene rings is 1. The fourth-order valence-electron chi connectivity index (χ4n) is 2.96. The standard InChI is InChI=1S/C18H22N2OS.ClH/c1-12-2-4-13(5-3-12)16-10-11-22-17(16)18(21)20-15-8-6-14(19)7-9-15;/h2-5,10-11,14-15H,6-9,19H2,1H3,(H,20,21);1H. The summed E-state index contributed by atoms with van der Waals surface area (Å²) in [5.74, 6) is 0.0473. The first-order chi connectivity index (χ1) is 10.6. The van der Waals surface area contributed by atoms with Crippen LogP contribution in [0.3, 0.4) is 0 Å². The van der Waals surface area contributed by atoms with E-state index in [0.29, 0.717) is 6.04 Å². The van der Waals surface area contributed by atoms with E-state index in [4.69, 9.17) is 5.73 Å². The zero-order valence-electron chi connectivity index (χ0n) is 13.2. The first-order valence-corrected chi connectivity index (χ1v) is 8.72. The van der Waals surface area contributed by atoms with E-state index in [0.717, 1.165) is 41.7 Å². The van der Waals surface area contributed by atoms with Gasteiger partial charge >= 0.3 is 0 Å². The van der Waals surface area contributed by atoms with E-state index < -0.39 is 0 Å². The molecule has 0 unspecified atom stereocenters. The van der Waals surface area contributed by atoms with Gasteiger partial charge in [-0.25, -0.2) is 0 Å². The molecule has 1 fully saturated rings. The van der Waals surface area contributed by atoms with Crippen molar-refractivity contribution in [3.63, 3.8) is 0 Å². The molecule has 0 radical (unpaired) electrons. The summed E-state index contributed by atoms with van der Waals surface area (Å²) < 4.78 is 0. The lowest BCUT2D eigenvalue weighted by atomic mass is 9.92. The highest BCUT2D eigenvalue weighted by atomic mass is 35.5. The van der Waals surface area contributed by atoms with Crippen LogP contribution >= 0.6 is 23.7 Å². The van der Waals surface area contributed by atoms with Crippen LogP contribution in [0.15, 0.2) is 35.7 Å². The van der Waals surface area contributed by atoms with Gasteiger partial charge in [0, 0.05) is 17.6 Å². The van der Waals surface area contributed by atoms with Gasteiger partial charge in [-0.15, -0.1) is 23.7 Å². The lowest BCUT2D eigenvalue weighted by molar-refractivity contribution is 0.0930. The molecule has 0 saturated heterocycles. The Labute approximate surface area is 147 Å². The number of amides is 1. The molecule has 1 saturated carbocycles. The molecular weight excluding hydrogens is 328 g/mol. The first kappa shape index (κ1) is 18.0. The maximum Gasteiger partial charge on any atom is 0.262 e. The Morgan fingerprint density at radius 2 is 1.78 bits per heavy atom. The second-order valence-corrected chi connectivity index (χ2v) is 7.03. The summed E-state index contributed by atoms with van der Waals surface area (Å²) in [4.78, 5) is 13.4. The highest BCUT2D eigenvalue weighted by Gasteiger charge is 2.22. The van der Waals surface area contributed by atoms with Crippen molar-refractivity contribution in [3.8, 4) is 11.1 Å². The number of carbonyl (C=O) groups is 1. The van der Waals surface area contributed by atoms with Crippen molar-refractivity contribution >= 4 is 29.7 Å². The maximum atomic E-state index is 12.6. The van der Waals surface area contributed by atoms with E-state index in [-0.39, 0.29) is 24.4 Å². The quantitative estimate of drug-likeness (QED) is 0.873. The van der Waals surface area contributed by atoms with Crippen LogP contribution in [0.2, 0.25) is 0 Å². The monoisotopic (exact) mass is 350 g/mol. The van der Waals surface area contributed by atoms with Crippen molar-refractivity contribution < 1.29 is 4.79 Å². The molecule has 124 valence electrons. The highest BCUT2D eigenvalue weighted by molar-refractivity contribution is 7.12. The van der Waals surface area contributed by atoms with Crippen LogP contribution in [-0.4, -0.2) is 18.0 Å². The maximum absolute atomic E-state index is 12.6. The van der Waals surface area contributed by atoms with Gasteiger partial charge in [-0.05, 0) is 49.6 Å². The lowest BCUT2D eigenvalue weighted by Crippen LogP contribution is -2.40. The van der Waals surface area contributed by atoms with Crippen LogP contribution in [0, 0.1) is 6.92 Å². The summed E-state index contributed by atoms with van der Waals surface area (Å²) in [6.07, 6.45) is 3.97. The largest absolute Gasteiger partial charge is 0.349 e. The fraction of sp³-hybridized carbons (Fsp3) is 0.389. The van der Waals surface area contributed by atoms with Gasteiger partial charge < -0.3 is 11.1 Å². The number of nitrogens with one attached hydrogen (secondary N) is 1. The van der Waals surface area contributed by atoms with Crippen molar-refractivity contribution in [2.75, 3.05) is 0 Å². The van der Waals surface area contributed by atoms with Crippen LogP contribution in [0.1, 0.15) is 40.9 Å². The number of hydrogen-bond acceptors (Lipinski definition) is 3. The summed E-state index contributed by atoms with van der Waals surface area (Å²) in [6.45, 7) is 2.07. The molecule has 3 rings (SSSR count). The molecule has 1 aromatic heterocycles. The Hall–Kier alpha value is -1.36. The number of thiophene rings is 1. The van der Waals surface area contributed by atoms with Gasteiger partial charge in [-0.1, -0.05) is 29.8 Å². The number of nitrogens with two attached hydrogens (primary N) is 1. The smallest absolute Gasteiger partial charge is 0.262 e. The van der Waals surface area contributed by atoms with Gasteiger partial charge in [0.15, 0.2) is 0 Å². The minimum atomic E-state index is 0. The van der Waals surface area contributed by atoms with Crippen molar-refractivity contribution in [1.82, 2.24) is 5.32 Å². The Morgan fingerprint density at radius 3 is 2.43 bits per heavy atom. The number of hydrogen-bond donors (Lipinski definition) is 2. The van der Waals surface area contributed by atoms with Gasteiger partial charge in [0.1, 0.15) is 0 Å². The molecule has 0 spiro atoms. The summed E-state index contributed by atoms with van der Waals surface area (Å²) in [7, 11) is 0. The lowest BCUT2D eigenvalue weighted by Gasteiger charge is -2.26. The van der Waals surface area contributed by atoms with E-state index in [9.17, 15) is 4.79 Å². The molecule has 0 aliphatic heterocycles. The van der Waals surface area contributed by atoms with Gasteiger partial charge in [0.25, 0.3) is 5.91 Å². The molecular formula is C18H23ClN2OS. The third kappa shape index (κ3) is 4.34. The summed E-state index contributed by atoms with van der Waals surface area (Å²) in [6, 6.07) is 10.9. The SMILES string of the molecule is Cc1ccc(-c2ccsc2C(=O)NC2CCC(N)CC2)cc1.Cl. The van der Waals surface area contributed by atoms with E-state index in [1.807, 2.05) is 11.4 Å². The topological polar surface area (TPSA) is 55.1 Å². The van der Waals surface area contributed by atoms with Crippen LogP contribution in [0.5, 0.6) is 0 Å². The van der Waals surface area contributed by atoms with E-state index in [1.54, 1.807) is 0 Å². The van der Waals surface area contributed by atoms with Crippen molar-refractivity contribution in [1.29, 1.82) is 0 Å². The number of carbonyl (C=O) groups excluding carboxylic acids is 1. The molecule has 1 amide bonds. The zero-order valence-corrected chi connectivity index (χ0v) is 14.9. The second kappa shape index (κ2) is 7.95. The molecule has 0 bridgehead atoms. The average Bonchev–Trinajstić information content (AvgIpc) is 3.00. The minimum absolute atomic E-state index is 0. The van der Waals surface area contributed by atoms with Gasteiger partial charge in [-0.2, -0.15) is 0 Å². The average molecular weight is 351 g/mol. The van der Waals surface area contributed by atoms with Crippen LogP contribution < -0.4 is 11.1 Å². The van der Waals surface area contributed by atoms with Crippen molar-refractivity contribution in [3.05, 3.63) is 46.2 Å². The third-order valence-electron chi connectivity index (χ3n) is 4.34. The fourth-order valence-corrected chi connectivity index (χ4v) is 3.78.